The first-order valence-electron chi connectivity index (χ1n) is 12.2. The molecule has 1 aromatic rings. The molecule has 2 fully saturated rings. The van der Waals surface area contributed by atoms with E-state index in [1.54, 1.807) is 0 Å². The first kappa shape index (κ1) is 27.3. The number of ether oxygens (including phenoxy) is 1. The van der Waals surface area contributed by atoms with Gasteiger partial charge in [0, 0.05) is 52.9 Å². The number of likely N-dealkylation sites (tertiary alicyclic amines) is 1. The minimum Gasteiger partial charge on any atom is -0.379 e. The van der Waals surface area contributed by atoms with Crippen molar-refractivity contribution in [2.24, 2.45) is 16.8 Å². The fourth-order valence-electron chi connectivity index (χ4n) is 4.93. The summed E-state index contributed by atoms with van der Waals surface area (Å²) in [5.41, 5.74) is 2.72. The van der Waals surface area contributed by atoms with Crippen LogP contribution in [0, 0.1) is 11.8 Å². The summed E-state index contributed by atoms with van der Waals surface area (Å²) in [6.07, 6.45) is 3.80. The molecule has 2 heterocycles. The Morgan fingerprint density at radius 2 is 1.69 bits per heavy atom. The molecule has 0 spiro atoms. The van der Waals surface area contributed by atoms with Gasteiger partial charge in [-0.05, 0) is 48.8 Å². The lowest BCUT2D eigenvalue weighted by atomic mass is 9.92. The number of nitrogens with one attached hydrogen (secondary N) is 2. The maximum absolute atomic E-state index is 5.48. The molecule has 0 bridgehead atoms. The van der Waals surface area contributed by atoms with Gasteiger partial charge in [0.05, 0.1) is 13.2 Å². The average Bonchev–Trinajstić information content (AvgIpc) is 2.76. The van der Waals surface area contributed by atoms with Crippen molar-refractivity contribution >= 4 is 29.9 Å². The number of hydrogen-bond donors (Lipinski definition) is 2. The molecule has 2 N–H and O–H groups in total. The van der Waals surface area contributed by atoms with E-state index in [0.29, 0.717) is 0 Å². The summed E-state index contributed by atoms with van der Waals surface area (Å²) in [7, 11) is 1.85. The van der Waals surface area contributed by atoms with E-state index >= 15 is 0 Å². The van der Waals surface area contributed by atoms with E-state index < -0.39 is 0 Å². The highest BCUT2D eigenvalue weighted by molar-refractivity contribution is 14.0. The highest BCUT2D eigenvalue weighted by Gasteiger charge is 2.21. The number of benzene rings is 1. The molecule has 182 valence electrons. The minimum absolute atomic E-state index is 0. The quantitative estimate of drug-likeness (QED) is 0.211. The molecule has 3 rings (SSSR count). The summed E-state index contributed by atoms with van der Waals surface area (Å²) in [5, 5.41) is 6.99. The Bertz CT molecular complexity index is 670. The van der Waals surface area contributed by atoms with Gasteiger partial charge in [0.2, 0.25) is 0 Å². The Kier molecular flexibility index (Phi) is 12.9. The maximum Gasteiger partial charge on any atom is 0.191 e. The van der Waals surface area contributed by atoms with Crippen molar-refractivity contribution in [1.82, 2.24) is 20.4 Å². The number of unbranched alkanes of at least 4 members (excludes halogenated alkanes) is 1. The highest BCUT2D eigenvalue weighted by atomic mass is 127. The normalized spacial score (nSPS) is 22.9. The van der Waals surface area contributed by atoms with E-state index in [9.17, 15) is 0 Å². The molecule has 1 aromatic carbocycles. The molecule has 0 aromatic heterocycles. The zero-order chi connectivity index (χ0) is 21.9. The largest absolute Gasteiger partial charge is 0.379 e. The zero-order valence-electron chi connectivity index (χ0n) is 20.3. The van der Waals surface area contributed by atoms with Crippen molar-refractivity contribution in [3.05, 3.63) is 35.4 Å². The molecule has 2 atom stereocenters. The number of hydrogen-bond acceptors (Lipinski definition) is 4. The van der Waals surface area contributed by atoms with E-state index in [-0.39, 0.29) is 24.0 Å². The van der Waals surface area contributed by atoms with Gasteiger partial charge in [-0.15, -0.1) is 24.0 Å². The molecule has 0 saturated carbocycles. The summed E-state index contributed by atoms with van der Waals surface area (Å²) in [4.78, 5) is 9.53. The number of piperidine rings is 1. The van der Waals surface area contributed by atoms with Crippen LogP contribution in [-0.2, 0) is 17.8 Å². The molecule has 2 aliphatic rings. The summed E-state index contributed by atoms with van der Waals surface area (Å²) in [6, 6.07) is 8.72. The second kappa shape index (κ2) is 15.1. The third kappa shape index (κ3) is 9.53. The van der Waals surface area contributed by atoms with Crippen LogP contribution < -0.4 is 10.6 Å². The number of guanidine groups is 1. The molecule has 0 radical (unpaired) electrons. The fraction of sp³-hybridized carbons (Fsp3) is 0.720. The lowest BCUT2D eigenvalue weighted by molar-refractivity contribution is 0.0341. The molecular weight excluding hydrogens is 513 g/mol. The predicted octanol–water partition coefficient (Wildman–Crippen LogP) is 3.56. The molecule has 7 heteroatoms. The molecule has 32 heavy (non-hydrogen) atoms. The van der Waals surface area contributed by atoms with Gasteiger partial charge in [0.1, 0.15) is 0 Å². The molecule has 2 aliphatic heterocycles. The Balaban J connectivity index is 0.00000363. The van der Waals surface area contributed by atoms with Crippen LogP contribution in [0.5, 0.6) is 0 Å². The molecule has 0 amide bonds. The van der Waals surface area contributed by atoms with E-state index in [4.69, 9.17) is 4.74 Å². The standard InChI is InChI=1S/C25H43N5O.HI/c1-21-16-22(2)19-30(18-21)11-7-6-10-27-25(26-3)28-17-23-8-4-5-9-24(23)20-29-12-14-31-15-13-29;/h4-5,8-9,21-22H,6-7,10-20H2,1-3H3,(H2,26,27,28);1H. The number of aliphatic imine (C=N–C) groups is 1. The molecule has 2 saturated heterocycles. The van der Waals surface area contributed by atoms with Crippen LogP contribution >= 0.6 is 24.0 Å². The number of halogens is 1. The topological polar surface area (TPSA) is 52.1 Å². The Morgan fingerprint density at radius 3 is 2.38 bits per heavy atom. The van der Waals surface area contributed by atoms with Crippen molar-refractivity contribution < 1.29 is 4.74 Å². The van der Waals surface area contributed by atoms with Gasteiger partial charge in [-0.1, -0.05) is 38.1 Å². The second-order valence-corrected chi connectivity index (χ2v) is 9.42. The zero-order valence-corrected chi connectivity index (χ0v) is 22.6. The summed E-state index contributed by atoms with van der Waals surface area (Å²) in [6.45, 7) is 15.0. The average molecular weight is 558 g/mol. The first-order valence-corrected chi connectivity index (χ1v) is 12.2. The lowest BCUT2D eigenvalue weighted by Gasteiger charge is -2.34. The van der Waals surface area contributed by atoms with E-state index in [1.165, 1.54) is 50.0 Å². The third-order valence-corrected chi connectivity index (χ3v) is 6.42. The number of nitrogens with zero attached hydrogens (tertiary/aromatic N) is 3. The van der Waals surface area contributed by atoms with Crippen LogP contribution in [0.15, 0.2) is 29.3 Å². The van der Waals surface area contributed by atoms with Crippen molar-refractivity contribution in [2.45, 2.75) is 46.2 Å². The van der Waals surface area contributed by atoms with Crippen LogP contribution in [0.4, 0.5) is 0 Å². The highest BCUT2D eigenvalue weighted by Crippen LogP contribution is 2.21. The summed E-state index contributed by atoms with van der Waals surface area (Å²) < 4.78 is 5.48. The fourth-order valence-corrected chi connectivity index (χ4v) is 4.93. The van der Waals surface area contributed by atoms with Crippen LogP contribution in [0.2, 0.25) is 0 Å². The van der Waals surface area contributed by atoms with Gasteiger partial charge in [-0.3, -0.25) is 9.89 Å². The van der Waals surface area contributed by atoms with Crippen LogP contribution in [-0.4, -0.2) is 75.3 Å². The summed E-state index contributed by atoms with van der Waals surface area (Å²) >= 11 is 0. The van der Waals surface area contributed by atoms with Crippen molar-refractivity contribution in [3.63, 3.8) is 0 Å². The van der Waals surface area contributed by atoms with Gasteiger partial charge in [0.25, 0.3) is 0 Å². The lowest BCUT2D eigenvalue weighted by Crippen LogP contribution is -2.40. The van der Waals surface area contributed by atoms with Crippen LogP contribution in [0.3, 0.4) is 0 Å². The predicted molar refractivity (Wildman–Crippen MR) is 145 cm³/mol. The molecular formula is C25H44IN5O. The van der Waals surface area contributed by atoms with E-state index in [0.717, 1.165) is 63.7 Å². The Morgan fingerprint density at radius 1 is 1.00 bits per heavy atom. The SMILES string of the molecule is CN=C(NCCCCN1CC(C)CC(C)C1)NCc1ccccc1CN1CCOCC1.I. The number of rotatable bonds is 9. The van der Waals surface area contributed by atoms with Gasteiger partial charge >= 0.3 is 0 Å². The first-order chi connectivity index (χ1) is 15.1. The summed E-state index contributed by atoms with van der Waals surface area (Å²) in [5.74, 6) is 2.58. The molecule has 6 nitrogen and oxygen atoms in total. The van der Waals surface area contributed by atoms with Crippen molar-refractivity contribution in [2.75, 3.05) is 59.5 Å². The molecule has 2 unspecified atom stereocenters. The minimum atomic E-state index is 0. The van der Waals surface area contributed by atoms with Crippen LogP contribution in [0.25, 0.3) is 0 Å². The monoisotopic (exact) mass is 557 g/mol. The Labute approximate surface area is 212 Å². The van der Waals surface area contributed by atoms with E-state index in [2.05, 4.69) is 63.5 Å². The van der Waals surface area contributed by atoms with Gasteiger partial charge in [-0.25, -0.2) is 0 Å². The van der Waals surface area contributed by atoms with Crippen molar-refractivity contribution in [3.8, 4) is 0 Å². The van der Waals surface area contributed by atoms with Crippen LogP contribution in [0.1, 0.15) is 44.2 Å². The molecule has 0 aliphatic carbocycles. The second-order valence-electron chi connectivity index (χ2n) is 9.42. The van der Waals surface area contributed by atoms with Crippen molar-refractivity contribution in [1.29, 1.82) is 0 Å². The maximum atomic E-state index is 5.48. The van der Waals surface area contributed by atoms with E-state index in [1.807, 2.05) is 7.05 Å². The third-order valence-electron chi connectivity index (χ3n) is 6.42. The smallest absolute Gasteiger partial charge is 0.191 e. The van der Waals surface area contributed by atoms with Gasteiger partial charge < -0.3 is 20.3 Å². The Hall–Kier alpha value is -0.900. The number of morpholine rings is 1. The van der Waals surface area contributed by atoms with Gasteiger partial charge in [-0.2, -0.15) is 0 Å². The van der Waals surface area contributed by atoms with Gasteiger partial charge in [0.15, 0.2) is 5.96 Å².